The number of hydrogen-bond acceptors (Lipinski definition) is 2. The molecule has 2 aromatic carbocycles. The number of nitrogens with one attached hydrogen (secondary N) is 1. The van der Waals surface area contributed by atoms with Crippen molar-refractivity contribution in [3.8, 4) is 0 Å². The molecule has 0 spiro atoms. The molecule has 2 aromatic rings. The molecule has 9 heteroatoms. The molecule has 0 atom stereocenters. The lowest BCUT2D eigenvalue weighted by Crippen LogP contribution is -2.30. The van der Waals surface area contributed by atoms with E-state index in [0.29, 0.717) is 12.1 Å². The summed E-state index contributed by atoms with van der Waals surface area (Å²) in [5.41, 5.74) is -3.08. The topological polar surface area (TPSA) is 46.2 Å². The highest BCUT2D eigenvalue weighted by Crippen LogP contribution is 2.30. The Labute approximate surface area is 137 Å². The Morgan fingerprint density at radius 3 is 1.36 bits per heavy atom. The van der Waals surface area contributed by atoms with Crippen molar-refractivity contribution in [1.82, 2.24) is 5.32 Å². The van der Waals surface area contributed by atoms with E-state index >= 15 is 0 Å². The van der Waals surface area contributed by atoms with Crippen molar-refractivity contribution in [1.29, 1.82) is 0 Å². The lowest BCUT2D eigenvalue weighted by molar-refractivity contribution is -0.138. The van der Waals surface area contributed by atoms with Crippen LogP contribution in [0.2, 0.25) is 0 Å². The summed E-state index contributed by atoms with van der Waals surface area (Å²) < 4.78 is 75.7. The molecule has 0 aromatic heterocycles. The number of benzene rings is 2. The van der Waals surface area contributed by atoms with Gasteiger partial charge in [-0.2, -0.15) is 26.3 Å². The van der Waals surface area contributed by atoms with Crippen LogP contribution in [0.25, 0.3) is 0 Å². The summed E-state index contributed by atoms with van der Waals surface area (Å²) in [5.74, 6) is -2.32. The molecule has 0 radical (unpaired) electrons. The van der Waals surface area contributed by atoms with Crippen molar-refractivity contribution in [2.45, 2.75) is 12.4 Å². The zero-order valence-corrected chi connectivity index (χ0v) is 12.2. The molecule has 0 saturated heterocycles. The molecule has 0 heterocycles. The van der Waals surface area contributed by atoms with Crippen molar-refractivity contribution < 1.29 is 35.9 Å². The first-order chi connectivity index (χ1) is 11.5. The Hall–Kier alpha value is -2.84. The van der Waals surface area contributed by atoms with Gasteiger partial charge in [-0.1, -0.05) is 12.1 Å². The molecule has 0 aliphatic heterocycles. The molecule has 0 aliphatic rings. The quantitative estimate of drug-likeness (QED) is 0.641. The summed E-state index contributed by atoms with van der Waals surface area (Å²) in [5, 5.41) is 1.76. The third-order valence-corrected chi connectivity index (χ3v) is 3.13. The van der Waals surface area contributed by atoms with Gasteiger partial charge in [0.15, 0.2) is 0 Å². The van der Waals surface area contributed by atoms with Crippen LogP contribution in [0.15, 0.2) is 48.5 Å². The van der Waals surface area contributed by atoms with E-state index in [-0.39, 0.29) is 0 Å². The van der Waals surface area contributed by atoms with Gasteiger partial charge in [0, 0.05) is 11.1 Å². The van der Waals surface area contributed by atoms with Gasteiger partial charge in [0.1, 0.15) is 0 Å². The van der Waals surface area contributed by atoms with Crippen molar-refractivity contribution in [3.05, 3.63) is 70.8 Å². The summed E-state index contributed by atoms with van der Waals surface area (Å²) in [6, 6.07) is 6.60. The molecule has 132 valence electrons. The summed E-state index contributed by atoms with van der Waals surface area (Å²) >= 11 is 0. The van der Waals surface area contributed by atoms with Crippen LogP contribution in [0.3, 0.4) is 0 Å². The highest BCUT2D eigenvalue weighted by molar-refractivity contribution is 6.10. The lowest BCUT2D eigenvalue weighted by atomic mass is 10.1. The summed E-state index contributed by atoms with van der Waals surface area (Å²) in [7, 11) is 0. The van der Waals surface area contributed by atoms with E-state index in [2.05, 4.69) is 0 Å². The van der Waals surface area contributed by atoms with E-state index in [0.717, 1.165) is 36.4 Å². The van der Waals surface area contributed by atoms with Gasteiger partial charge >= 0.3 is 12.4 Å². The second-order valence-corrected chi connectivity index (χ2v) is 4.94. The minimum Gasteiger partial charge on any atom is -0.288 e. The fourth-order valence-corrected chi connectivity index (χ4v) is 1.92. The predicted octanol–water partition coefficient (Wildman–Crippen LogP) is 4.29. The van der Waals surface area contributed by atoms with E-state index in [9.17, 15) is 35.9 Å². The third-order valence-electron chi connectivity index (χ3n) is 3.13. The van der Waals surface area contributed by atoms with Gasteiger partial charge in [0.05, 0.1) is 11.1 Å². The molecule has 2 rings (SSSR count). The summed E-state index contributed by atoms with van der Waals surface area (Å²) in [4.78, 5) is 23.7. The van der Waals surface area contributed by atoms with Crippen LogP contribution in [0.4, 0.5) is 26.3 Å². The van der Waals surface area contributed by atoms with Crippen LogP contribution >= 0.6 is 0 Å². The Morgan fingerprint density at radius 2 is 1.04 bits per heavy atom. The molecular weight excluding hydrogens is 352 g/mol. The first-order valence-corrected chi connectivity index (χ1v) is 6.68. The maximum Gasteiger partial charge on any atom is 0.416 e. The van der Waals surface area contributed by atoms with Gasteiger partial charge in [-0.05, 0) is 36.4 Å². The maximum atomic E-state index is 12.6. The van der Waals surface area contributed by atoms with Gasteiger partial charge < -0.3 is 0 Å². The lowest BCUT2D eigenvalue weighted by Gasteiger charge is -2.10. The number of alkyl halides is 6. The number of hydrogen-bond donors (Lipinski definition) is 1. The number of carbonyl (C=O) groups excluding carboxylic acids is 2. The second kappa shape index (κ2) is 6.58. The zero-order chi connectivity index (χ0) is 18.8. The van der Waals surface area contributed by atoms with Crippen LogP contribution in [0, 0.1) is 0 Å². The number of rotatable bonds is 2. The average Bonchev–Trinajstić information content (AvgIpc) is 2.53. The molecule has 1 N–H and O–H groups in total. The van der Waals surface area contributed by atoms with E-state index in [4.69, 9.17) is 0 Å². The molecular formula is C16H9F6NO2. The van der Waals surface area contributed by atoms with E-state index < -0.39 is 46.4 Å². The molecule has 2 amide bonds. The van der Waals surface area contributed by atoms with Gasteiger partial charge in [-0.3, -0.25) is 14.9 Å². The number of amides is 2. The third kappa shape index (κ3) is 4.59. The van der Waals surface area contributed by atoms with Crippen LogP contribution < -0.4 is 5.32 Å². The molecule has 0 aliphatic carbocycles. The maximum absolute atomic E-state index is 12.6. The Kier molecular flexibility index (Phi) is 4.87. The van der Waals surface area contributed by atoms with E-state index in [1.54, 1.807) is 5.32 Å². The number of halogens is 6. The Balaban J connectivity index is 2.20. The largest absolute Gasteiger partial charge is 0.416 e. The summed E-state index contributed by atoms with van der Waals surface area (Å²) in [6.45, 7) is 0. The fraction of sp³-hybridized carbons (Fsp3) is 0.125. The highest BCUT2D eigenvalue weighted by Gasteiger charge is 2.32. The van der Waals surface area contributed by atoms with Gasteiger partial charge in [0.25, 0.3) is 11.8 Å². The second-order valence-electron chi connectivity index (χ2n) is 4.94. The van der Waals surface area contributed by atoms with Crippen molar-refractivity contribution >= 4 is 11.8 Å². The van der Waals surface area contributed by atoms with Crippen LogP contribution in [0.1, 0.15) is 31.8 Å². The average molecular weight is 361 g/mol. The number of carbonyl (C=O) groups is 2. The van der Waals surface area contributed by atoms with Crippen molar-refractivity contribution in [3.63, 3.8) is 0 Å². The van der Waals surface area contributed by atoms with Gasteiger partial charge in [0.2, 0.25) is 0 Å². The Morgan fingerprint density at radius 1 is 0.680 bits per heavy atom. The van der Waals surface area contributed by atoms with E-state index in [1.807, 2.05) is 0 Å². The standard InChI is InChI=1S/C16H9F6NO2/c17-15(18,19)11-5-1-3-9(7-11)13(24)23-14(25)10-4-2-6-12(8-10)16(20,21)22/h1-8H,(H,23,24,25). The van der Waals surface area contributed by atoms with Crippen LogP contribution in [0.5, 0.6) is 0 Å². The molecule has 0 saturated carbocycles. The van der Waals surface area contributed by atoms with Crippen molar-refractivity contribution in [2.24, 2.45) is 0 Å². The first-order valence-electron chi connectivity index (χ1n) is 6.68. The zero-order valence-electron chi connectivity index (χ0n) is 12.2. The molecule has 0 fully saturated rings. The fourth-order valence-electron chi connectivity index (χ4n) is 1.92. The van der Waals surface area contributed by atoms with Crippen molar-refractivity contribution in [2.75, 3.05) is 0 Å². The van der Waals surface area contributed by atoms with Crippen LogP contribution in [-0.4, -0.2) is 11.8 Å². The van der Waals surface area contributed by atoms with Gasteiger partial charge in [-0.15, -0.1) is 0 Å². The monoisotopic (exact) mass is 361 g/mol. The van der Waals surface area contributed by atoms with E-state index in [1.165, 1.54) is 0 Å². The Bertz CT molecular complexity index is 743. The normalized spacial score (nSPS) is 11.9. The first kappa shape index (κ1) is 18.5. The SMILES string of the molecule is O=C(NC(=O)c1cccc(C(F)(F)F)c1)c1cccc(C(F)(F)F)c1. The minimum absolute atomic E-state index is 0.449. The molecule has 25 heavy (non-hydrogen) atoms. The summed E-state index contributed by atoms with van der Waals surface area (Å²) in [6.07, 6.45) is -9.36. The minimum atomic E-state index is -4.68. The molecule has 0 bridgehead atoms. The highest BCUT2D eigenvalue weighted by atomic mass is 19.4. The molecule has 3 nitrogen and oxygen atoms in total. The molecule has 0 unspecified atom stereocenters. The van der Waals surface area contributed by atoms with Crippen LogP contribution in [-0.2, 0) is 12.4 Å². The number of imide groups is 1. The van der Waals surface area contributed by atoms with Gasteiger partial charge in [-0.25, -0.2) is 0 Å². The predicted molar refractivity (Wildman–Crippen MR) is 74.7 cm³/mol. The smallest absolute Gasteiger partial charge is 0.288 e.